The summed E-state index contributed by atoms with van der Waals surface area (Å²) < 4.78 is 46.7. The number of aromatic nitrogens is 2. The molecule has 8 rings (SSSR count). The van der Waals surface area contributed by atoms with E-state index < -0.39 is 38.7 Å². The van der Waals surface area contributed by atoms with Crippen molar-refractivity contribution in [3.63, 3.8) is 0 Å². The summed E-state index contributed by atoms with van der Waals surface area (Å²) in [6.45, 7) is 14.5. The van der Waals surface area contributed by atoms with Gasteiger partial charge in [-0.3, -0.25) is 24.0 Å². The third-order valence-corrected chi connectivity index (χ3v) is 16.3. The van der Waals surface area contributed by atoms with Crippen molar-refractivity contribution < 1.29 is 37.0 Å². The van der Waals surface area contributed by atoms with E-state index in [-0.39, 0.29) is 54.2 Å². The fourth-order valence-electron chi connectivity index (χ4n) is 9.32. The van der Waals surface area contributed by atoms with E-state index in [0.717, 1.165) is 25.3 Å². The van der Waals surface area contributed by atoms with Crippen LogP contribution in [0, 0.1) is 23.2 Å². The molecule has 0 radical (unpaired) electrons. The van der Waals surface area contributed by atoms with Gasteiger partial charge in [0, 0.05) is 55.2 Å². The number of piperidine rings is 1. The fraction of sp³-hybridized carbons (Fsp3) is 0.651. The molecule has 1 aromatic carbocycles. The molecule has 0 unspecified atom stereocenters. The van der Waals surface area contributed by atoms with Gasteiger partial charge in [-0.25, -0.2) is 18.4 Å². The van der Waals surface area contributed by atoms with Gasteiger partial charge in [0.05, 0.1) is 47.2 Å². The number of nitrogens with zero attached hydrogens (tertiary/aromatic N) is 4. The molecule has 16 heteroatoms. The molecule has 6 atom stereocenters. The second kappa shape index (κ2) is 16.8. The van der Waals surface area contributed by atoms with E-state index in [0.29, 0.717) is 96.5 Å². The van der Waals surface area contributed by atoms with Crippen molar-refractivity contribution in [2.45, 2.75) is 115 Å². The van der Waals surface area contributed by atoms with Gasteiger partial charge in [0.1, 0.15) is 39.9 Å². The second-order valence-corrected chi connectivity index (χ2v) is 20.9. The lowest BCUT2D eigenvalue weighted by Gasteiger charge is -2.40. The van der Waals surface area contributed by atoms with Crippen LogP contribution >= 0.6 is 22.9 Å². The van der Waals surface area contributed by atoms with Crippen molar-refractivity contribution in [2.75, 3.05) is 39.5 Å². The molecular weight excluding hydrogens is 814 g/mol. The number of rotatable bonds is 16. The van der Waals surface area contributed by atoms with Crippen molar-refractivity contribution >= 4 is 61.5 Å². The molecule has 3 aliphatic heterocycles. The molecule has 320 valence electrons. The number of hydrogen-bond acceptors (Lipinski definition) is 12. The first-order valence-corrected chi connectivity index (χ1v) is 24.1. The van der Waals surface area contributed by atoms with Crippen molar-refractivity contribution in [1.82, 2.24) is 24.5 Å². The number of ketones is 1. The molecule has 13 nitrogen and oxygen atoms in total. The number of Topliss-reactive ketones (excluding diaryl/α,β-unsaturated/α-hetero) is 1. The summed E-state index contributed by atoms with van der Waals surface area (Å²) in [5.74, 6) is 0.0328. The van der Waals surface area contributed by atoms with E-state index in [1.54, 1.807) is 4.90 Å². The lowest BCUT2D eigenvalue weighted by Crippen LogP contribution is -2.54. The van der Waals surface area contributed by atoms with E-state index in [2.05, 4.69) is 23.5 Å². The highest BCUT2D eigenvalue weighted by atomic mass is 35.5. The summed E-state index contributed by atoms with van der Waals surface area (Å²) in [5, 5.41) is 3.20. The molecule has 1 N–H and O–H groups in total. The van der Waals surface area contributed by atoms with Gasteiger partial charge in [-0.2, -0.15) is 0 Å². The van der Waals surface area contributed by atoms with Gasteiger partial charge in [0.15, 0.2) is 5.78 Å². The van der Waals surface area contributed by atoms with Gasteiger partial charge >= 0.3 is 0 Å². The molecular formula is C43H56ClN5O8S2. The van der Waals surface area contributed by atoms with Crippen molar-refractivity contribution in [3.05, 3.63) is 34.3 Å². The standard InChI is InChI=1S/C43H56ClN5O8S2/c1-6-26-21-43(26,42(52)47-59(53,54)27-7-8-27)22-34(50)33-20-37(32-11-9-28(24(2)3)41(51)49(32)33)57-36-19-30(40-46-31(23-58-40)25(4)5)45-39-29(36)10-12-35(38(39)44)56-18-15-48-13-16-55-17-14-48/h10,12,19,23-28,32-33,37H,6-9,11,13-18,20-22H2,1-5H3,(H,47,52)/t26-,28-,32-,33+,37-,43-/m1/s1. The van der Waals surface area contributed by atoms with Crippen LogP contribution in [0.25, 0.3) is 21.6 Å². The summed E-state index contributed by atoms with van der Waals surface area (Å²) in [6, 6.07) is 4.39. The minimum absolute atomic E-state index is 0.0741. The maximum Gasteiger partial charge on any atom is 0.240 e. The molecule has 0 bridgehead atoms. The number of pyridine rings is 1. The Labute approximate surface area is 355 Å². The SMILES string of the molecule is CC[C@@H]1C[C@]1(CC(=O)[C@@H]1C[C@@H](Oc2cc(-c3nc(C(C)C)cs3)nc3c(Cl)c(OCCN4CCOCC4)ccc23)[C@H]2CC[C@H](C(C)C)C(=O)N21)C(=O)NS(=O)(=O)C1CC1. The largest absolute Gasteiger partial charge is 0.491 e. The normalized spacial score (nSPS) is 27.4. The third-order valence-electron chi connectivity index (χ3n) is 13.2. The van der Waals surface area contributed by atoms with Crippen molar-refractivity contribution in [1.29, 1.82) is 0 Å². The van der Waals surface area contributed by atoms with Crippen LogP contribution in [0.2, 0.25) is 5.02 Å². The van der Waals surface area contributed by atoms with Crippen LogP contribution in [0.5, 0.6) is 11.5 Å². The summed E-state index contributed by atoms with van der Waals surface area (Å²) in [4.78, 5) is 56.6. The fourth-order valence-corrected chi connectivity index (χ4v) is 11.9. The zero-order chi connectivity index (χ0) is 41.8. The van der Waals surface area contributed by atoms with Crippen LogP contribution in [0.1, 0.15) is 97.6 Å². The second-order valence-electron chi connectivity index (χ2n) is 17.7. The number of ether oxygens (including phenoxy) is 3. The lowest BCUT2D eigenvalue weighted by molar-refractivity contribution is -0.149. The Bertz CT molecular complexity index is 2210. The Morgan fingerprint density at radius 3 is 2.51 bits per heavy atom. The minimum Gasteiger partial charge on any atom is -0.491 e. The Kier molecular flexibility index (Phi) is 12.1. The zero-order valence-electron chi connectivity index (χ0n) is 34.6. The number of amides is 2. The van der Waals surface area contributed by atoms with Gasteiger partial charge in [0.2, 0.25) is 21.8 Å². The molecule has 2 amide bonds. The number of hydrogen-bond donors (Lipinski definition) is 1. The first-order valence-electron chi connectivity index (χ1n) is 21.3. The highest BCUT2D eigenvalue weighted by Crippen LogP contribution is 2.58. The summed E-state index contributed by atoms with van der Waals surface area (Å²) in [6.07, 6.45) is 2.99. The molecule has 5 fully saturated rings. The van der Waals surface area contributed by atoms with Crippen molar-refractivity contribution in [2.24, 2.45) is 23.2 Å². The number of morpholine rings is 1. The Morgan fingerprint density at radius 1 is 1.08 bits per heavy atom. The molecule has 3 aromatic rings. The average Bonchev–Trinajstić information content (AvgIpc) is 4.10. The van der Waals surface area contributed by atoms with Crippen LogP contribution in [0.4, 0.5) is 0 Å². The summed E-state index contributed by atoms with van der Waals surface area (Å²) in [7, 11) is -3.79. The van der Waals surface area contributed by atoms with Crippen molar-refractivity contribution in [3.8, 4) is 22.2 Å². The number of nitrogens with one attached hydrogen (secondary N) is 1. The minimum atomic E-state index is -3.79. The number of carbonyl (C=O) groups excluding carboxylic acids is 3. The number of carbonyl (C=O) groups is 3. The quantitative estimate of drug-likeness (QED) is 0.165. The Hall–Kier alpha value is -3.37. The van der Waals surface area contributed by atoms with Crippen LogP contribution in [-0.4, -0.2) is 109 Å². The van der Waals surface area contributed by atoms with E-state index in [4.69, 9.17) is 35.8 Å². The van der Waals surface area contributed by atoms with E-state index in [1.165, 1.54) is 11.3 Å². The highest BCUT2D eigenvalue weighted by Gasteiger charge is 2.62. The van der Waals surface area contributed by atoms with Gasteiger partial charge in [-0.15, -0.1) is 11.3 Å². The Balaban J connectivity index is 1.10. The number of sulfonamides is 1. The number of benzene rings is 1. The molecule has 0 spiro atoms. The first kappa shape index (κ1) is 42.3. The zero-order valence-corrected chi connectivity index (χ0v) is 37.0. The first-order chi connectivity index (χ1) is 28.2. The summed E-state index contributed by atoms with van der Waals surface area (Å²) in [5.41, 5.74) is 0.925. The highest BCUT2D eigenvalue weighted by molar-refractivity contribution is 7.90. The molecule has 59 heavy (non-hydrogen) atoms. The van der Waals surface area contributed by atoms with Crippen LogP contribution in [-0.2, 0) is 29.1 Å². The smallest absolute Gasteiger partial charge is 0.240 e. The number of fused-ring (bicyclic) bond motifs is 2. The maximum absolute atomic E-state index is 14.6. The van der Waals surface area contributed by atoms with Gasteiger partial charge in [0.25, 0.3) is 0 Å². The van der Waals surface area contributed by atoms with Crippen LogP contribution < -0.4 is 14.2 Å². The Morgan fingerprint density at radius 2 is 1.85 bits per heavy atom. The predicted molar refractivity (Wildman–Crippen MR) is 226 cm³/mol. The van der Waals surface area contributed by atoms with Crippen LogP contribution in [0.15, 0.2) is 23.6 Å². The van der Waals surface area contributed by atoms with Gasteiger partial charge in [-0.05, 0) is 62.0 Å². The average molecular weight is 871 g/mol. The van der Waals surface area contributed by atoms with E-state index in [1.807, 2.05) is 44.4 Å². The molecule has 2 aliphatic carbocycles. The topological polar surface area (TPSA) is 157 Å². The molecule has 2 saturated carbocycles. The molecule has 5 heterocycles. The van der Waals surface area contributed by atoms with E-state index in [9.17, 15) is 22.8 Å². The van der Waals surface area contributed by atoms with Crippen LogP contribution in [0.3, 0.4) is 0 Å². The monoisotopic (exact) mass is 869 g/mol. The molecule has 3 saturated heterocycles. The lowest BCUT2D eigenvalue weighted by atomic mass is 9.84. The summed E-state index contributed by atoms with van der Waals surface area (Å²) >= 11 is 8.62. The predicted octanol–water partition coefficient (Wildman–Crippen LogP) is 6.61. The molecule has 5 aliphatic rings. The van der Waals surface area contributed by atoms with E-state index >= 15 is 0 Å². The maximum atomic E-state index is 14.6. The van der Waals surface area contributed by atoms with Gasteiger partial charge < -0.3 is 19.1 Å². The molecule has 2 aromatic heterocycles. The third kappa shape index (κ3) is 8.47. The van der Waals surface area contributed by atoms with Gasteiger partial charge in [-0.1, -0.05) is 52.6 Å². The number of thiazole rings is 1. The number of halogens is 1.